The molecule has 0 saturated heterocycles. The molecule has 0 spiro atoms. The van der Waals surface area contributed by atoms with Gasteiger partial charge in [-0.25, -0.2) is 0 Å². The second-order valence-corrected chi connectivity index (χ2v) is 3.53. The maximum absolute atomic E-state index is 11.6. The topological polar surface area (TPSA) is 38.0 Å². The molecule has 5 heteroatoms. The van der Waals surface area contributed by atoms with Crippen LogP contribution in [0.1, 0.15) is 20.3 Å². The second-order valence-electron chi connectivity index (χ2n) is 3.53. The molecule has 0 fully saturated rings. The van der Waals surface area contributed by atoms with E-state index in [0.717, 1.165) is 0 Å². The van der Waals surface area contributed by atoms with Crippen LogP contribution in [0.2, 0.25) is 0 Å². The Hall–Kier alpha value is -0.290. The minimum absolute atomic E-state index is 0.295. The summed E-state index contributed by atoms with van der Waals surface area (Å²) in [4.78, 5) is 0. The Labute approximate surface area is 70.3 Å². The Morgan fingerprint density at radius 2 is 1.75 bits per heavy atom. The summed E-state index contributed by atoms with van der Waals surface area (Å²) in [6, 6.07) is 0. The standard InChI is InChI=1S/C7H15F3N2/c1-6(2,11)3-4-12-5-7(8,9)10/h12H,3-5,11H2,1-2H3. The molecule has 0 aromatic rings. The highest BCUT2D eigenvalue weighted by atomic mass is 19.4. The van der Waals surface area contributed by atoms with Crippen LogP contribution in [0.5, 0.6) is 0 Å². The molecule has 0 aliphatic rings. The number of nitrogens with two attached hydrogens (primary N) is 1. The van der Waals surface area contributed by atoms with Crippen molar-refractivity contribution in [2.24, 2.45) is 5.73 Å². The van der Waals surface area contributed by atoms with E-state index in [2.05, 4.69) is 5.32 Å². The fourth-order valence-corrected chi connectivity index (χ4v) is 0.641. The summed E-state index contributed by atoms with van der Waals surface area (Å²) in [6.45, 7) is 2.91. The molecular weight excluding hydrogens is 169 g/mol. The number of nitrogens with one attached hydrogen (secondary N) is 1. The average Bonchev–Trinajstić information content (AvgIpc) is 1.76. The summed E-state index contributed by atoms with van der Waals surface area (Å²) in [5.41, 5.74) is 5.16. The molecule has 0 aliphatic heterocycles. The third-order valence-electron chi connectivity index (χ3n) is 1.27. The fraction of sp³-hybridized carbons (Fsp3) is 1.00. The van der Waals surface area contributed by atoms with Crippen LogP contribution in [0.4, 0.5) is 13.2 Å². The molecule has 0 unspecified atom stereocenters. The molecule has 0 heterocycles. The highest BCUT2D eigenvalue weighted by molar-refractivity contribution is 4.72. The van der Waals surface area contributed by atoms with Crippen LogP contribution in [-0.2, 0) is 0 Å². The molecule has 0 aliphatic carbocycles. The van der Waals surface area contributed by atoms with Gasteiger partial charge in [-0.2, -0.15) is 13.2 Å². The number of rotatable bonds is 4. The van der Waals surface area contributed by atoms with Crippen LogP contribution in [-0.4, -0.2) is 24.8 Å². The summed E-state index contributed by atoms with van der Waals surface area (Å²) >= 11 is 0. The molecule has 0 aromatic carbocycles. The third-order valence-corrected chi connectivity index (χ3v) is 1.27. The summed E-state index contributed by atoms with van der Waals surface area (Å²) in [6.07, 6.45) is -3.60. The Balaban J connectivity index is 3.35. The molecule has 0 aromatic heterocycles. The first-order valence-corrected chi connectivity index (χ1v) is 3.77. The Morgan fingerprint density at radius 3 is 2.08 bits per heavy atom. The van der Waals surface area contributed by atoms with Crippen LogP contribution in [0.25, 0.3) is 0 Å². The first-order valence-electron chi connectivity index (χ1n) is 3.77. The van der Waals surface area contributed by atoms with Crippen LogP contribution >= 0.6 is 0 Å². The molecule has 2 nitrogen and oxygen atoms in total. The summed E-state index contributed by atoms with van der Waals surface area (Å²) in [7, 11) is 0. The van der Waals surface area contributed by atoms with E-state index in [1.54, 1.807) is 13.8 Å². The van der Waals surface area contributed by atoms with Gasteiger partial charge in [-0.05, 0) is 26.8 Å². The quantitative estimate of drug-likeness (QED) is 0.645. The normalized spacial score (nSPS) is 13.5. The van der Waals surface area contributed by atoms with Gasteiger partial charge in [0, 0.05) is 5.54 Å². The van der Waals surface area contributed by atoms with Crippen LogP contribution in [0, 0.1) is 0 Å². The first kappa shape index (κ1) is 11.7. The van der Waals surface area contributed by atoms with Crippen molar-refractivity contribution in [3.63, 3.8) is 0 Å². The average molecular weight is 184 g/mol. The van der Waals surface area contributed by atoms with Gasteiger partial charge in [-0.3, -0.25) is 0 Å². The lowest BCUT2D eigenvalue weighted by Gasteiger charge is -2.18. The van der Waals surface area contributed by atoms with Gasteiger partial charge in [0.1, 0.15) is 0 Å². The van der Waals surface area contributed by atoms with Crippen LogP contribution in [0.15, 0.2) is 0 Å². The second kappa shape index (κ2) is 4.09. The lowest BCUT2D eigenvalue weighted by atomic mass is 10.0. The van der Waals surface area contributed by atoms with Gasteiger partial charge in [-0.15, -0.1) is 0 Å². The van der Waals surface area contributed by atoms with Crippen molar-refractivity contribution in [2.45, 2.75) is 32.0 Å². The zero-order chi connectivity index (χ0) is 9.83. The van der Waals surface area contributed by atoms with E-state index in [1.165, 1.54) is 0 Å². The molecule has 0 saturated carbocycles. The highest BCUT2D eigenvalue weighted by Gasteiger charge is 2.26. The van der Waals surface area contributed by atoms with Gasteiger partial charge in [0.15, 0.2) is 0 Å². The highest BCUT2D eigenvalue weighted by Crippen LogP contribution is 2.12. The van der Waals surface area contributed by atoms with Crippen molar-refractivity contribution >= 4 is 0 Å². The zero-order valence-corrected chi connectivity index (χ0v) is 7.33. The number of hydrogen-bond donors (Lipinski definition) is 2. The molecule has 12 heavy (non-hydrogen) atoms. The Morgan fingerprint density at radius 1 is 1.25 bits per heavy atom. The maximum Gasteiger partial charge on any atom is 0.401 e. The summed E-state index contributed by atoms with van der Waals surface area (Å²) in [5.74, 6) is 0. The van der Waals surface area contributed by atoms with Crippen molar-refractivity contribution < 1.29 is 13.2 Å². The van der Waals surface area contributed by atoms with Gasteiger partial charge in [0.25, 0.3) is 0 Å². The van der Waals surface area contributed by atoms with E-state index in [1.807, 2.05) is 0 Å². The predicted octanol–water partition coefficient (Wildman–Crippen LogP) is 1.27. The van der Waals surface area contributed by atoms with Crippen molar-refractivity contribution in [1.82, 2.24) is 5.32 Å². The van der Waals surface area contributed by atoms with Crippen molar-refractivity contribution in [1.29, 1.82) is 0 Å². The molecule has 0 amide bonds. The Kier molecular flexibility index (Phi) is 3.99. The van der Waals surface area contributed by atoms with Gasteiger partial charge in [0.05, 0.1) is 6.54 Å². The van der Waals surface area contributed by atoms with Crippen molar-refractivity contribution in [3.05, 3.63) is 0 Å². The van der Waals surface area contributed by atoms with E-state index >= 15 is 0 Å². The molecule has 0 atom stereocenters. The smallest absolute Gasteiger partial charge is 0.326 e. The minimum atomic E-state index is -4.13. The monoisotopic (exact) mass is 184 g/mol. The SMILES string of the molecule is CC(C)(N)CCNCC(F)(F)F. The lowest BCUT2D eigenvalue weighted by Crippen LogP contribution is -2.38. The largest absolute Gasteiger partial charge is 0.401 e. The van der Waals surface area contributed by atoms with Crippen LogP contribution < -0.4 is 11.1 Å². The molecule has 74 valence electrons. The molecule has 0 bridgehead atoms. The van der Waals surface area contributed by atoms with E-state index in [-0.39, 0.29) is 0 Å². The molecule has 0 radical (unpaired) electrons. The van der Waals surface area contributed by atoms with Gasteiger partial charge in [-0.1, -0.05) is 0 Å². The fourth-order valence-electron chi connectivity index (χ4n) is 0.641. The van der Waals surface area contributed by atoms with Gasteiger partial charge >= 0.3 is 6.18 Å². The van der Waals surface area contributed by atoms with Crippen molar-refractivity contribution in [3.8, 4) is 0 Å². The minimum Gasteiger partial charge on any atom is -0.326 e. The molecular formula is C7H15F3N2. The van der Waals surface area contributed by atoms with E-state index < -0.39 is 18.3 Å². The number of halogens is 3. The molecule has 0 rings (SSSR count). The van der Waals surface area contributed by atoms with Gasteiger partial charge < -0.3 is 11.1 Å². The number of hydrogen-bond acceptors (Lipinski definition) is 2. The third kappa shape index (κ3) is 9.71. The number of alkyl halides is 3. The molecule has 3 N–H and O–H groups in total. The first-order chi connectivity index (χ1) is 5.21. The van der Waals surface area contributed by atoms with E-state index in [0.29, 0.717) is 13.0 Å². The van der Waals surface area contributed by atoms with Gasteiger partial charge in [0.2, 0.25) is 0 Å². The Bertz CT molecular complexity index is 110. The summed E-state index contributed by atoms with van der Waals surface area (Å²) in [5, 5.41) is 2.28. The van der Waals surface area contributed by atoms with Crippen molar-refractivity contribution in [2.75, 3.05) is 13.1 Å². The summed E-state index contributed by atoms with van der Waals surface area (Å²) < 4.78 is 34.7. The maximum atomic E-state index is 11.6. The van der Waals surface area contributed by atoms with E-state index in [9.17, 15) is 13.2 Å². The lowest BCUT2D eigenvalue weighted by molar-refractivity contribution is -0.124. The van der Waals surface area contributed by atoms with Crippen LogP contribution in [0.3, 0.4) is 0 Å². The van der Waals surface area contributed by atoms with E-state index in [4.69, 9.17) is 5.73 Å². The predicted molar refractivity (Wildman–Crippen MR) is 41.8 cm³/mol. The zero-order valence-electron chi connectivity index (χ0n) is 7.33.